The van der Waals surface area contributed by atoms with E-state index in [1.54, 1.807) is 0 Å². The molecule has 2 fully saturated rings. The highest BCUT2D eigenvalue weighted by Gasteiger charge is 2.30. The van der Waals surface area contributed by atoms with Gasteiger partial charge >= 0.3 is 11.9 Å². The van der Waals surface area contributed by atoms with Crippen molar-refractivity contribution < 1.29 is 19.1 Å². The molecule has 170 valence electrons. The highest BCUT2D eigenvalue weighted by molar-refractivity contribution is 5.88. The van der Waals surface area contributed by atoms with Crippen molar-refractivity contribution in [2.75, 3.05) is 13.2 Å². The van der Waals surface area contributed by atoms with E-state index in [0.717, 1.165) is 35.8 Å². The largest absolute Gasteiger partial charge is 0.463 e. The summed E-state index contributed by atoms with van der Waals surface area (Å²) in [6.45, 7) is 8.68. The van der Waals surface area contributed by atoms with E-state index < -0.39 is 0 Å². The molecule has 0 amide bonds. The Morgan fingerprint density at radius 1 is 0.633 bits per heavy atom. The molecule has 2 aliphatic rings. The zero-order valence-electron chi connectivity index (χ0n) is 19.6. The summed E-state index contributed by atoms with van der Waals surface area (Å²) in [6.07, 6.45) is 15.7. The average molecular weight is 419 g/mol. The summed E-state index contributed by atoms with van der Waals surface area (Å²) in [5, 5.41) is 0. The number of carbonyl (C=O) groups excluding carboxylic acids is 2. The number of hydrogen-bond acceptors (Lipinski definition) is 4. The van der Waals surface area contributed by atoms with Crippen LogP contribution in [0.1, 0.15) is 91.9 Å². The fourth-order valence-electron chi connectivity index (χ4n) is 5.24. The molecule has 0 radical (unpaired) electrons. The van der Waals surface area contributed by atoms with E-state index >= 15 is 0 Å². The van der Waals surface area contributed by atoms with E-state index in [4.69, 9.17) is 9.47 Å². The van der Waals surface area contributed by atoms with Gasteiger partial charge in [-0.25, -0.2) is 9.59 Å². The van der Waals surface area contributed by atoms with Gasteiger partial charge in [0.15, 0.2) is 0 Å². The summed E-state index contributed by atoms with van der Waals surface area (Å²) in [4.78, 5) is 24.1. The highest BCUT2D eigenvalue weighted by atomic mass is 16.5. The van der Waals surface area contributed by atoms with Crippen molar-refractivity contribution in [3.63, 3.8) is 0 Å². The number of esters is 2. The molecule has 0 saturated heterocycles. The first-order valence-corrected chi connectivity index (χ1v) is 12.3. The zero-order valence-corrected chi connectivity index (χ0v) is 19.6. The molecule has 0 aromatic rings. The van der Waals surface area contributed by atoms with Crippen LogP contribution in [0.25, 0.3) is 0 Å². The maximum atomic E-state index is 12.0. The van der Waals surface area contributed by atoms with Crippen LogP contribution in [0.5, 0.6) is 0 Å². The Morgan fingerprint density at radius 3 is 1.23 bits per heavy atom. The molecule has 30 heavy (non-hydrogen) atoms. The first-order valence-electron chi connectivity index (χ1n) is 12.3. The minimum absolute atomic E-state index is 0.136. The highest BCUT2D eigenvalue weighted by Crippen LogP contribution is 2.42. The molecule has 0 unspecified atom stereocenters. The van der Waals surface area contributed by atoms with E-state index in [1.807, 2.05) is 27.7 Å². The quantitative estimate of drug-likeness (QED) is 0.321. The third-order valence-electron chi connectivity index (χ3n) is 7.01. The maximum absolute atomic E-state index is 12.0. The lowest BCUT2D eigenvalue weighted by molar-refractivity contribution is -0.139. The van der Waals surface area contributed by atoms with Crippen LogP contribution in [0, 0.1) is 23.7 Å². The van der Waals surface area contributed by atoms with Gasteiger partial charge < -0.3 is 9.47 Å². The third kappa shape index (κ3) is 7.28. The summed E-state index contributed by atoms with van der Waals surface area (Å²) >= 11 is 0. The predicted octanol–water partition coefficient (Wildman–Crippen LogP) is 6.40. The Balaban J connectivity index is 1.81. The van der Waals surface area contributed by atoms with Gasteiger partial charge in [-0.2, -0.15) is 0 Å². The number of rotatable bonds is 9. The predicted molar refractivity (Wildman–Crippen MR) is 121 cm³/mol. The van der Waals surface area contributed by atoms with Gasteiger partial charge in [-0.1, -0.05) is 26.0 Å². The van der Waals surface area contributed by atoms with Crippen LogP contribution in [-0.2, 0) is 19.1 Å². The molecule has 0 aromatic heterocycles. The third-order valence-corrected chi connectivity index (χ3v) is 7.01. The fraction of sp³-hybridized carbons (Fsp3) is 0.769. The molecule has 0 aromatic carbocycles. The van der Waals surface area contributed by atoms with Crippen molar-refractivity contribution in [2.24, 2.45) is 23.7 Å². The molecule has 2 saturated carbocycles. The second kappa shape index (κ2) is 13.0. The number of carbonyl (C=O) groups is 2. The molecular weight excluding hydrogens is 376 g/mol. The Labute approximate surface area is 183 Å². The molecule has 2 rings (SSSR count). The van der Waals surface area contributed by atoms with Crippen molar-refractivity contribution in [1.29, 1.82) is 0 Å². The maximum Gasteiger partial charge on any atom is 0.333 e. The first kappa shape index (κ1) is 24.7. The van der Waals surface area contributed by atoms with Crippen LogP contribution in [-0.4, -0.2) is 25.2 Å². The first-order chi connectivity index (χ1) is 14.5. The topological polar surface area (TPSA) is 52.6 Å². The lowest BCUT2D eigenvalue weighted by Gasteiger charge is -2.37. The van der Waals surface area contributed by atoms with Crippen molar-refractivity contribution in [2.45, 2.75) is 91.9 Å². The Kier molecular flexibility index (Phi) is 10.7. The molecule has 0 aliphatic heterocycles. The zero-order chi connectivity index (χ0) is 21.9. The van der Waals surface area contributed by atoms with E-state index in [0.29, 0.717) is 25.0 Å². The fourth-order valence-corrected chi connectivity index (χ4v) is 5.24. The molecule has 4 nitrogen and oxygen atoms in total. The van der Waals surface area contributed by atoms with Gasteiger partial charge in [0.05, 0.1) is 13.2 Å². The lowest BCUT2D eigenvalue weighted by Crippen LogP contribution is -2.25. The minimum Gasteiger partial charge on any atom is -0.463 e. The summed E-state index contributed by atoms with van der Waals surface area (Å²) < 4.78 is 10.4. The van der Waals surface area contributed by atoms with Gasteiger partial charge in [0, 0.05) is 11.1 Å². The standard InChI is InChI=1S/C26H42O4/c1-5-21(25(27)29-7-3)17-19-9-13-23(14-10-19)24-15-11-20(12-16-24)18-22(6-2)26(28)30-8-4/h17-20,23-24H,5-16H2,1-4H3. The van der Waals surface area contributed by atoms with Gasteiger partial charge in [0.1, 0.15) is 0 Å². The summed E-state index contributed by atoms with van der Waals surface area (Å²) in [5.74, 6) is 2.42. The van der Waals surface area contributed by atoms with Gasteiger partial charge in [0.2, 0.25) is 0 Å². The number of allylic oxidation sites excluding steroid dienone is 2. The van der Waals surface area contributed by atoms with Crippen LogP contribution >= 0.6 is 0 Å². The average Bonchev–Trinajstić information content (AvgIpc) is 2.77. The van der Waals surface area contributed by atoms with E-state index in [-0.39, 0.29) is 11.9 Å². The molecule has 0 bridgehead atoms. The van der Waals surface area contributed by atoms with E-state index in [2.05, 4.69) is 12.2 Å². The van der Waals surface area contributed by atoms with Gasteiger partial charge in [-0.3, -0.25) is 0 Å². The molecule has 0 N–H and O–H groups in total. The SMILES string of the molecule is CCOC(=O)C(=CC1CCC(C2CCC(C=C(CC)C(=O)OCC)CC2)CC1)CC. The summed E-state index contributed by atoms with van der Waals surface area (Å²) in [5.41, 5.74) is 1.70. The van der Waals surface area contributed by atoms with E-state index in [1.165, 1.54) is 51.4 Å². The minimum atomic E-state index is -0.136. The van der Waals surface area contributed by atoms with Crippen molar-refractivity contribution in [1.82, 2.24) is 0 Å². The Bertz CT molecular complexity index is 549. The molecule has 0 atom stereocenters. The monoisotopic (exact) mass is 418 g/mol. The second-order valence-corrected chi connectivity index (χ2v) is 8.88. The van der Waals surface area contributed by atoms with Crippen LogP contribution in [0.3, 0.4) is 0 Å². The second-order valence-electron chi connectivity index (χ2n) is 8.88. The van der Waals surface area contributed by atoms with Crippen LogP contribution in [0.4, 0.5) is 0 Å². The smallest absolute Gasteiger partial charge is 0.333 e. The number of ether oxygens (including phenoxy) is 2. The van der Waals surface area contributed by atoms with Crippen LogP contribution in [0.15, 0.2) is 23.3 Å². The molecule has 2 aliphatic carbocycles. The molecule has 0 heterocycles. The van der Waals surface area contributed by atoms with Crippen molar-refractivity contribution in [3.8, 4) is 0 Å². The lowest BCUT2D eigenvalue weighted by atomic mass is 9.69. The number of hydrogen-bond donors (Lipinski definition) is 0. The molecule has 0 spiro atoms. The van der Waals surface area contributed by atoms with Gasteiger partial charge in [-0.05, 0) is 102 Å². The molecule has 4 heteroatoms. The summed E-state index contributed by atoms with van der Waals surface area (Å²) in [6, 6.07) is 0. The van der Waals surface area contributed by atoms with Gasteiger partial charge in [-0.15, -0.1) is 0 Å². The van der Waals surface area contributed by atoms with Crippen molar-refractivity contribution >= 4 is 11.9 Å². The van der Waals surface area contributed by atoms with Crippen LogP contribution < -0.4 is 0 Å². The Hall–Kier alpha value is -1.58. The van der Waals surface area contributed by atoms with Gasteiger partial charge in [0.25, 0.3) is 0 Å². The van der Waals surface area contributed by atoms with E-state index in [9.17, 15) is 9.59 Å². The Morgan fingerprint density at radius 2 is 0.967 bits per heavy atom. The molecular formula is C26H42O4. The summed E-state index contributed by atoms with van der Waals surface area (Å²) in [7, 11) is 0. The van der Waals surface area contributed by atoms with Crippen molar-refractivity contribution in [3.05, 3.63) is 23.3 Å². The normalized spacial score (nSPS) is 28.1. The van der Waals surface area contributed by atoms with Crippen LogP contribution in [0.2, 0.25) is 0 Å².